The Morgan fingerprint density at radius 2 is 2.00 bits per heavy atom. The number of nitrogens with zero attached hydrogens (tertiary/aromatic N) is 1. The molecule has 0 fully saturated rings. The van der Waals surface area contributed by atoms with Gasteiger partial charge in [-0.3, -0.25) is 0 Å². The second kappa shape index (κ2) is 4.82. The van der Waals surface area contributed by atoms with Crippen molar-refractivity contribution in [2.75, 3.05) is 12.8 Å². The van der Waals surface area contributed by atoms with E-state index in [0.717, 1.165) is 37.6 Å². The number of aromatic nitrogens is 1. The van der Waals surface area contributed by atoms with E-state index < -0.39 is 0 Å². The molecule has 0 atom stereocenters. The quantitative estimate of drug-likeness (QED) is 0.884. The molecule has 0 radical (unpaired) electrons. The number of methoxy groups -OCH3 is 1. The van der Waals surface area contributed by atoms with Crippen LogP contribution in [0.3, 0.4) is 0 Å². The summed E-state index contributed by atoms with van der Waals surface area (Å²) in [5, 5.41) is 0.958. The molecule has 2 N–H and O–H groups in total. The highest BCUT2D eigenvalue weighted by Gasteiger charge is 2.13. The van der Waals surface area contributed by atoms with Crippen LogP contribution < -0.4 is 10.5 Å². The maximum atomic E-state index is 5.91. The Labute approximate surface area is 117 Å². The summed E-state index contributed by atoms with van der Waals surface area (Å²) >= 11 is 6.97. The molecular weight excluding hydrogens is 348 g/mol. The summed E-state index contributed by atoms with van der Waals surface area (Å²) in [6.45, 7) is 2.05. The number of pyridine rings is 1. The van der Waals surface area contributed by atoms with Crippen molar-refractivity contribution < 1.29 is 4.74 Å². The molecule has 2 rings (SSSR count). The Hall–Kier alpha value is -0.810. The number of aryl methyl sites for hydroxylation is 1. The molecule has 0 saturated heterocycles. The van der Waals surface area contributed by atoms with Gasteiger partial charge in [0.15, 0.2) is 0 Å². The second-order valence-electron chi connectivity index (χ2n) is 3.66. The fraction of sp³-hybridized carbons (Fsp3) is 0.250. The number of rotatable bonds is 2. The van der Waals surface area contributed by atoms with E-state index in [9.17, 15) is 0 Å². The van der Waals surface area contributed by atoms with Gasteiger partial charge in [0, 0.05) is 9.86 Å². The van der Waals surface area contributed by atoms with Crippen LogP contribution in [-0.2, 0) is 6.42 Å². The highest BCUT2D eigenvalue weighted by molar-refractivity contribution is 9.11. The van der Waals surface area contributed by atoms with Crippen molar-refractivity contribution in [3.63, 3.8) is 0 Å². The summed E-state index contributed by atoms with van der Waals surface area (Å²) in [4.78, 5) is 4.43. The summed E-state index contributed by atoms with van der Waals surface area (Å²) in [5.41, 5.74) is 7.76. The van der Waals surface area contributed by atoms with Gasteiger partial charge in [0.05, 0.1) is 17.1 Å². The van der Waals surface area contributed by atoms with Gasteiger partial charge in [-0.2, -0.15) is 0 Å². The summed E-state index contributed by atoms with van der Waals surface area (Å²) in [5.74, 6) is 1.36. The predicted molar refractivity (Wildman–Crippen MR) is 77.5 cm³/mol. The lowest BCUT2D eigenvalue weighted by molar-refractivity contribution is 0.417. The van der Waals surface area contributed by atoms with E-state index in [1.807, 2.05) is 12.1 Å². The SMILES string of the molecule is CCc1cc2c(OC)c(Br)cc(Br)c2nc1N. The van der Waals surface area contributed by atoms with Crippen LogP contribution in [0.5, 0.6) is 5.75 Å². The van der Waals surface area contributed by atoms with Crippen LogP contribution >= 0.6 is 31.9 Å². The number of halogens is 2. The molecule has 1 heterocycles. The Balaban J connectivity index is 2.89. The maximum absolute atomic E-state index is 5.91. The lowest BCUT2D eigenvalue weighted by atomic mass is 10.1. The molecule has 5 heteroatoms. The Kier molecular flexibility index (Phi) is 3.58. The normalized spacial score (nSPS) is 10.8. The monoisotopic (exact) mass is 358 g/mol. The van der Waals surface area contributed by atoms with Gasteiger partial charge < -0.3 is 10.5 Å². The van der Waals surface area contributed by atoms with Crippen LogP contribution in [0.1, 0.15) is 12.5 Å². The Morgan fingerprint density at radius 3 is 2.59 bits per heavy atom. The minimum absolute atomic E-state index is 0.574. The van der Waals surface area contributed by atoms with Gasteiger partial charge in [-0.25, -0.2) is 4.98 Å². The molecule has 2 aromatic rings. The lowest BCUT2D eigenvalue weighted by Gasteiger charge is -2.11. The molecule has 0 unspecified atom stereocenters. The first-order valence-electron chi connectivity index (χ1n) is 5.19. The van der Waals surface area contributed by atoms with E-state index >= 15 is 0 Å². The number of hydrogen-bond acceptors (Lipinski definition) is 3. The highest BCUT2D eigenvalue weighted by atomic mass is 79.9. The summed E-state index contributed by atoms with van der Waals surface area (Å²) < 4.78 is 7.20. The summed E-state index contributed by atoms with van der Waals surface area (Å²) in [6, 6.07) is 3.95. The summed E-state index contributed by atoms with van der Waals surface area (Å²) in [6.07, 6.45) is 0.849. The third-order valence-corrected chi connectivity index (χ3v) is 3.85. The summed E-state index contributed by atoms with van der Waals surface area (Å²) in [7, 11) is 1.65. The van der Waals surface area contributed by atoms with Crippen LogP contribution in [-0.4, -0.2) is 12.1 Å². The molecule has 1 aromatic heterocycles. The van der Waals surface area contributed by atoms with Crippen LogP contribution in [0.15, 0.2) is 21.1 Å². The van der Waals surface area contributed by atoms with Crippen molar-refractivity contribution in [3.8, 4) is 5.75 Å². The van der Waals surface area contributed by atoms with Crippen molar-refractivity contribution in [2.45, 2.75) is 13.3 Å². The largest absolute Gasteiger partial charge is 0.495 e. The fourth-order valence-corrected chi connectivity index (χ4v) is 3.23. The Morgan fingerprint density at radius 1 is 1.29 bits per heavy atom. The molecule has 3 nitrogen and oxygen atoms in total. The molecule has 0 bridgehead atoms. The van der Waals surface area contributed by atoms with Gasteiger partial charge >= 0.3 is 0 Å². The molecule has 0 aliphatic carbocycles. The van der Waals surface area contributed by atoms with Crippen LogP contribution in [0.2, 0.25) is 0 Å². The van der Waals surface area contributed by atoms with Crippen molar-refractivity contribution in [3.05, 3.63) is 26.6 Å². The lowest BCUT2D eigenvalue weighted by Crippen LogP contribution is -1.99. The Bertz CT molecular complexity index is 584. The van der Waals surface area contributed by atoms with Crippen LogP contribution in [0.25, 0.3) is 10.9 Å². The third-order valence-electron chi connectivity index (χ3n) is 2.66. The first kappa shape index (κ1) is 12.6. The number of hydrogen-bond donors (Lipinski definition) is 1. The molecule has 1 aromatic carbocycles. The standard InChI is InChI=1S/C12H12Br2N2O/c1-3-6-4-7-10(16-12(6)15)8(13)5-9(14)11(7)17-2/h4-5H,3H2,1-2H3,(H2,15,16). The maximum Gasteiger partial charge on any atom is 0.142 e. The van der Waals surface area contributed by atoms with E-state index in [1.165, 1.54) is 0 Å². The van der Waals surface area contributed by atoms with Gasteiger partial charge in [-0.1, -0.05) is 6.92 Å². The smallest absolute Gasteiger partial charge is 0.142 e. The van der Waals surface area contributed by atoms with Crippen molar-refractivity contribution in [1.82, 2.24) is 4.98 Å². The zero-order chi connectivity index (χ0) is 12.6. The predicted octanol–water partition coefficient (Wildman–Crippen LogP) is 3.91. The topological polar surface area (TPSA) is 48.1 Å². The van der Waals surface area contributed by atoms with Gasteiger partial charge in [0.25, 0.3) is 0 Å². The van der Waals surface area contributed by atoms with Crippen molar-refractivity contribution in [2.24, 2.45) is 0 Å². The van der Waals surface area contributed by atoms with E-state index in [4.69, 9.17) is 10.5 Å². The van der Waals surface area contributed by atoms with Gasteiger partial charge in [0.1, 0.15) is 11.6 Å². The molecule has 0 aliphatic heterocycles. The molecule has 0 spiro atoms. The van der Waals surface area contributed by atoms with Crippen molar-refractivity contribution in [1.29, 1.82) is 0 Å². The van der Waals surface area contributed by atoms with Crippen LogP contribution in [0.4, 0.5) is 5.82 Å². The van der Waals surface area contributed by atoms with E-state index in [0.29, 0.717) is 5.82 Å². The third kappa shape index (κ3) is 2.13. The van der Waals surface area contributed by atoms with Gasteiger partial charge in [0.2, 0.25) is 0 Å². The zero-order valence-corrected chi connectivity index (χ0v) is 12.7. The number of fused-ring (bicyclic) bond motifs is 1. The van der Waals surface area contributed by atoms with Gasteiger partial charge in [-0.05, 0) is 56.0 Å². The number of nitrogen functional groups attached to an aromatic ring is 1. The van der Waals surface area contributed by atoms with Gasteiger partial charge in [-0.15, -0.1) is 0 Å². The second-order valence-corrected chi connectivity index (χ2v) is 5.36. The number of anilines is 1. The highest BCUT2D eigenvalue weighted by Crippen LogP contribution is 2.38. The van der Waals surface area contributed by atoms with E-state index in [2.05, 4.69) is 43.8 Å². The molecule has 0 aliphatic rings. The molecular formula is C12H12Br2N2O. The van der Waals surface area contributed by atoms with E-state index in [-0.39, 0.29) is 0 Å². The zero-order valence-electron chi connectivity index (χ0n) is 9.55. The van der Waals surface area contributed by atoms with Crippen molar-refractivity contribution >= 4 is 48.6 Å². The average Bonchev–Trinajstić information content (AvgIpc) is 2.30. The fourth-order valence-electron chi connectivity index (χ4n) is 1.79. The molecule has 17 heavy (non-hydrogen) atoms. The minimum atomic E-state index is 0.574. The minimum Gasteiger partial charge on any atom is -0.495 e. The molecule has 0 amide bonds. The first-order chi connectivity index (χ1) is 8.08. The number of nitrogens with two attached hydrogens (primary N) is 1. The average molecular weight is 360 g/mol. The number of ether oxygens (including phenoxy) is 1. The molecule has 0 saturated carbocycles. The molecule has 90 valence electrons. The van der Waals surface area contributed by atoms with Crippen LogP contribution in [0, 0.1) is 0 Å². The van der Waals surface area contributed by atoms with E-state index in [1.54, 1.807) is 7.11 Å². The first-order valence-corrected chi connectivity index (χ1v) is 6.78. The number of benzene rings is 1.